The molecule has 3 aromatic rings. The Hall–Kier alpha value is -3.06. The molecule has 0 N–H and O–H groups in total. The number of hydrogen-bond donors (Lipinski definition) is 0. The van der Waals surface area contributed by atoms with Crippen molar-refractivity contribution in [3.8, 4) is 0 Å². The number of nitro groups is 1. The van der Waals surface area contributed by atoms with Gasteiger partial charge in [-0.1, -0.05) is 11.6 Å². The first kappa shape index (κ1) is 15.8. The average Bonchev–Trinajstić information content (AvgIpc) is 2.58. The van der Waals surface area contributed by atoms with Crippen LogP contribution >= 0.6 is 11.6 Å². The maximum atomic E-state index is 12.4. The molecule has 0 aliphatic carbocycles. The highest BCUT2D eigenvalue weighted by atomic mass is 35.5. The normalized spacial score (nSPS) is 10.7. The third-order valence-electron chi connectivity index (χ3n) is 3.50. The minimum atomic E-state index is -0.546. The van der Waals surface area contributed by atoms with Gasteiger partial charge in [-0.3, -0.25) is 24.3 Å². The Bertz CT molecular complexity index is 1010. The van der Waals surface area contributed by atoms with E-state index in [9.17, 15) is 19.7 Å². The smallest absolute Gasteiger partial charge is 0.269 e. The molecule has 0 aliphatic rings. The second kappa shape index (κ2) is 6.21. The lowest BCUT2D eigenvalue weighted by atomic mass is 10.1. The first-order chi connectivity index (χ1) is 11.5. The number of carbonyl (C=O) groups excluding carboxylic acids is 1. The van der Waals surface area contributed by atoms with Crippen LogP contribution in [0.15, 0.2) is 53.6 Å². The fourth-order valence-corrected chi connectivity index (χ4v) is 2.43. The highest BCUT2D eigenvalue weighted by Crippen LogP contribution is 2.15. The Kier molecular flexibility index (Phi) is 4.09. The van der Waals surface area contributed by atoms with Crippen molar-refractivity contribution >= 4 is 34.0 Å². The number of nitrogens with zero attached hydrogens (tertiary/aromatic N) is 3. The Morgan fingerprint density at radius 1 is 1.21 bits per heavy atom. The van der Waals surface area contributed by atoms with Gasteiger partial charge in [0.15, 0.2) is 5.78 Å². The summed E-state index contributed by atoms with van der Waals surface area (Å²) in [7, 11) is 0. The van der Waals surface area contributed by atoms with E-state index in [2.05, 4.69) is 4.98 Å². The van der Waals surface area contributed by atoms with Crippen molar-refractivity contribution in [2.45, 2.75) is 6.54 Å². The zero-order valence-corrected chi connectivity index (χ0v) is 12.9. The van der Waals surface area contributed by atoms with Crippen LogP contribution in [0, 0.1) is 10.1 Å². The molecular weight excluding hydrogens is 334 g/mol. The van der Waals surface area contributed by atoms with Gasteiger partial charge in [0, 0.05) is 22.7 Å². The van der Waals surface area contributed by atoms with Crippen molar-refractivity contribution in [1.82, 2.24) is 9.55 Å². The Morgan fingerprint density at radius 3 is 2.58 bits per heavy atom. The number of halogens is 1. The van der Waals surface area contributed by atoms with Crippen LogP contribution in [0.25, 0.3) is 10.9 Å². The van der Waals surface area contributed by atoms with E-state index in [0.29, 0.717) is 15.9 Å². The second-order valence-corrected chi connectivity index (χ2v) is 5.50. The number of benzene rings is 2. The van der Waals surface area contributed by atoms with Crippen molar-refractivity contribution in [3.05, 3.63) is 79.8 Å². The molecule has 1 heterocycles. The summed E-state index contributed by atoms with van der Waals surface area (Å²) in [6.45, 7) is -0.216. The quantitative estimate of drug-likeness (QED) is 0.412. The molecule has 3 rings (SSSR count). The minimum absolute atomic E-state index is 0.106. The van der Waals surface area contributed by atoms with Gasteiger partial charge in [0.2, 0.25) is 0 Å². The third kappa shape index (κ3) is 3.02. The van der Waals surface area contributed by atoms with E-state index in [1.807, 2.05) is 0 Å². The second-order valence-electron chi connectivity index (χ2n) is 5.07. The van der Waals surface area contributed by atoms with Gasteiger partial charge in [0.25, 0.3) is 11.2 Å². The van der Waals surface area contributed by atoms with Crippen LogP contribution in [-0.4, -0.2) is 20.3 Å². The molecule has 0 aliphatic heterocycles. The van der Waals surface area contributed by atoms with Crippen molar-refractivity contribution in [2.24, 2.45) is 0 Å². The number of fused-ring (bicyclic) bond motifs is 1. The van der Waals surface area contributed by atoms with Gasteiger partial charge in [0.1, 0.15) is 0 Å². The third-order valence-corrected chi connectivity index (χ3v) is 3.74. The van der Waals surface area contributed by atoms with Crippen molar-refractivity contribution in [2.75, 3.05) is 0 Å². The van der Waals surface area contributed by atoms with Gasteiger partial charge < -0.3 is 0 Å². The minimum Gasteiger partial charge on any atom is -0.292 e. The summed E-state index contributed by atoms with van der Waals surface area (Å²) >= 11 is 5.89. The Labute approximate surface area is 140 Å². The predicted molar refractivity (Wildman–Crippen MR) is 88.4 cm³/mol. The van der Waals surface area contributed by atoms with Crippen molar-refractivity contribution in [1.29, 1.82) is 0 Å². The van der Waals surface area contributed by atoms with Crippen LogP contribution < -0.4 is 5.56 Å². The van der Waals surface area contributed by atoms with E-state index in [1.54, 1.807) is 12.1 Å². The monoisotopic (exact) mass is 343 g/mol. The van der Waals surface area contributed by atoms with Crippen LogP contribution in [0.1, 0.15) is 10.4 Å². The van der Waals surface area contributed by atoms with E-state index < -0.39 is 4.92 Å². The molecule has 0 atom stereocenters. The zero-order chi connectivity index (χ0) is 17.3. The van der Waals surface area contributed by atoms with E-state index in [4.69, 9.17) is 11.6 Å². The summed E-state index contributed by atoms with van der Waals surface area (Å²) in [6.07, 6.45) is 1.29. The molecule has 2 aromatic carbocycles. The fourth-order valence-electron chi connectivity index (χ4n) is 2.26. The van der Waals surface area contributed by atoms with Crippen LogP contribution in [0.4, 0.5) is 5.69 Å². The molecule has 0 saturated heterocycles. The lowest BCUT2D eigenvalue weighted by Gasteiger charge is -2.06. The zero-order valence-electron chi connectivity index (χ0n) is 12.2. The molecule has 1 aromatic heterocycles. The predicted octanol–water partition coefficient (Wildman–Crippen LogP) is 2.84. The fraction of sp³-hybridized carbons (Fsp3) is 0.0625. The Morgan fingerprint density at radius 2 is 1.92 bits per heavy atom. The van der Waals surface area contributed by atoms with Crippen LogP contribution in [0.5, 0.6) is 0 Å². The topological polar surface area (TPSA) is 95.1 Å². The SMILES string of the molecule is O=C(Cn1cnc2ccc(Cl)cc2c1=O)c1ccc([N+](=O)[O-])cc1. The summed E-state index contributed by atoms with van der Waals surface area (Å²) in [5, 5.41) is 11.4. The molecule has 120 valence electrons. The number of non-ortho nitro benzene ring substituents is 1. The summed E-state index contributed by atoms with van der Waals surface area (Å²) in [5.74, 6) is -0.352. The molecule has 0 bridgehead atoms. The Balaban J connectivity index is 1.91. The lowest BCUT2D eigenvalue weighted by molar-refractivity contribution is -0.384. The van der Waals surface area contributed by atoms with Crippen LogP contribution in [0.2, 0.25) is 5.02 Å². The highest BCUT2D eigenvalue weighted by Gasteiger charge is 2.12. The standard InChI is InChI=1S/C16H10ClN3O4/c17-11-3-6-14-13(7-11)16(22)19(9-18-14)8-15(21)10-1-4-12(5-2-10)20(23)24/h1-7,9H,8H2. The molecule has 7 nitrogen and oxygen atoms in total. The molecule has 0 radical (unpaired) electrons. The van der Waals surface area contributed by atoms with Crippen LogP contribution in [0.3, 0.4) is 0 Å². The van der Waals surface area contributed by atoms with E-state index >= 15 is 0 Å². The molecule has 0 unspecified atom stereocenters. The maximum Gasteiger partial charge on any atom is 0.269 e. The van der Waals surface area contributed by atoms with Crippen LogP contribution in [-0.2, 0) is 6.54 Å². The molecule has 8 heteroatoms. The number of hydrogen-bond acceptors (Lipinski definition) is 5. The van der Waals surface area contributed by atoms with Crippen molar-refractivity contribution < 1.29 is 9.72 Å². The largest absolute Gasteiger partial charge is 0.292 e. The number of ketones is 1. The molecule has 0 fully saturated rings. The van der Waals surface area contributed by atoms with E-state index in [0.717, 1.165) is 0 Å². The summed E-state index contributed by atoms with van der Waals surface area (Å²) in [6, 6.07) is 9.96. The number of aromatic nitrogens is 2. The summed E-state index contributed by atoms with van der Waals surface area (Å²) in [5.41, 5.74) is 0.283. The number of rotatable bonds is 4. The molecule has 0 spiro atoms. The van der Waals surface area contributed by atoms with Gasteiger partial charge in [-0.25, -0.2) is 4.98 Å². The van der Waals surface area contributed by atoms with E-state index in [-0.39, 0.29) is 29.1 Å². The van der Waals surface area contributed by atoms with Gasteiger partial charge in [-0.05, 0) is 30.3 Å². The average molecular weight is 344 g/mol. The lowest BCUT2D eigenvalue weighted by Crippen LogP contribution is -2.24. The molecular formula is C16H10ClN3O4. The number of nitro benzene ring substituents is 1. The highest BCUT2D eigenvalue weighted by molar-refractivity contribution is 6.31. The van der Waals surface area contributed by atoms with Gasteiger partial charge in [0.05, 0.1) is 28.7 Å². The number of Topliss-reactive ketones (excluding diaryl/α,β-unsaturated/α-hetero) is 1. The molecule has 0 saturated carbocycles. The molecule has 0 amide bonds. The maximum absolute atomic E-state index is 12.4. The van der Waals surface area contributed by atoms with Crippen molar-refractivity contribution in [3.63, 3.8) is 0 Å². The van der Waals surface area contributed by atoms with E-state index in [1.165, 1.54) is 41.2 Å². The van der Waals surface area contributed by atoms with Gasteiger partial charge in [-0.15, -0.1) is 0 Å². The first-order valence-corrected chi connectivity index (χ1v) is 7.26. The van der Waals surface area contributed by atoms with Gasteiger partial charge in [-0.2, -0.15) is 0 Å². The molecule has 24 heavy (non-hydrogen) atoms. The van der Waals surface area contributed by atoms with Gasteiger partial charge >= 0.3 is 0 Å². The first-order valence-electron chi connectivity index (χ1n) is 6.88. The number of carbonyl (C=O) groups is 1. The summed E-state index contributed by atoms with van der Waals surface area (Å²) in [4.78, 5) is 38.9. The summed E-state index contributed by atoms with van der Waals surface area (Å²) < 4.78 is 1.18.